The van der Waals surface area contributed by atoms with Crippen LogP contribution in [0.2, 0.25) is 0 Å². The van der Waals surface area contributed by atoms with Crippen LogP contribution in [0.4, 0.5) is 5.13 Å². The summed E-state index contributed by atoms with van der Waals surface area (Å²) >= 11 is 1.16. The van der Waals surface area contributed by atoms with E-state index in [-0.39, 0.29) is 40.1 Å². The summed E-state index contributed by atoms with van der Waals surface area (Å²) in [5, 5.41) is 24.6. The van der Waals surface area contributed by atoms with Crippen molar-refractivity contribution < 1.29 is 32.9 Å². The van der Waals surface area contributed by atoms with Gasteiger partial charge in [-0.25, -0.2) is 13.4 Å². The second-order valence-electron chi connectivity index (χ2n) is 14.6. The summed E-state index contributed by atoms with van der Waals surface area (Å²) in [5.41, 5.74) is 2.64. The van der Waals surface area contributed by atoms with E-state index >= 15 is 0 Å². The SMILES string of the molecule is CC(O)(CO)c1csc(NC(=O)/C(=C/[C@H]2CCC3(C2)O[C@H](c2ccccc2)[C@@H](c2ccccc2)O3)c2ccc(S(=O)(=O)C3CC3)c(C3CC3)c2)n1. The number of nitrogens with one attached hydrogen (secondary N) is 1. The number of thiazole rings is 1. The highest BCUT2D eigenvalue weighted by Crippen LogP contribution is 2.55. The van der Waals surface area contributed by atoms with E-state index in [9.17, 15) is 23.4 Å². The molecule has 3 saturated carbocycles. The van der Waals surface area contributed by atoms with Gasteiger partial charge in [0.15, 0.2) is 20.8 Å². The number of nitrogens with zero attached hydrogens (tertiary/aromatic N) is 1. The normalized spacial score (nSPS) is 24.5. The molecule has 4 aromatic rings. The molecule has 4 atom stereocenters. The molecule has 3 N–H and O–H groups in total. The van der Waals surface area contributed by atoms with E-state index in [1.54, 1.807) is 17.5 Å². The van der Waals surface area contributed by atoms with Crippen LogP contribution < -0.4 is 5.32 Å². The average Bonchev–Trinajstić information content (AvgIpc) is 4.07. The minimum Gasteiger partial charge on any atom is -0.393 e. The third-order valence-corrected chi connectivity index (χ3v) is 13.6. The van der Waals surface area contributed by atoms with Crippen LogP contribution in [0, 0.1) is 5.92 Å². The van der Waals surface area contributed by atoms with Crippen LogP contribution in [-0.2, 0) is 29.7 Å². The largest absolute Gasteiger partial charge is 0.393 e. The summed E-state index contributed by atoms with van der Waals surface area (Å²) in [7, 11) is -3.43. The van der Waals surface area contributed by atoms with E-state index in [1.165, 1.54) is 6.92 Å². The van der Waals surface area contributed by atoms with Gasteiger partial charge in [0.2, 0.25) is 0 Å². The summed E-state index contributed by atoms with van der Waals surface area (Å²) in [4.78, 5) is 19.0. The molecule has 0 bridgehead atoms. The molecule has 1 aliphatic heterocycles. The molecule has 1 spiro atoms. The summed E-state index contributed by atoms with van der Waals surface area (Å²) in [5.74, 6) is -1.15. The average molecular weight is 727 g/mol. The van der Waals surface area contributed by atoms with Crippen molar-refractivity contribution in [2.24, 2.45) is 5.92 Å². The Morgan fingerprint density at radius 3 is 2.22 bits per heavy atom. The molecule has 9 nitrogen and oxygen atoms in total. The molecule has 3 aromatic carbocycles. The van der Waals surface area contributed by atoms with Crippen LogP contribution in [0.5, 0.6) is 0 Å². The number of anilines is 1. The number of amides is 1. The molecule has 1 aromatic heterocycles. The monoisotopic (exact) mass is 726 g/mol. The lowest BCUT2D eigenvalue weighted by molar-refractivity contribution is -0.172. The molecule has 2 heterocycles. The molecule has 4 aliphatic rings. The number of ether oxygens (including phenoxy) is 2. The molecule has 4 fully saturated rings. The number of aliphatic hydroxyl groups is 2. The predicted molar refractivity (Wildman–Crippen MR) is 195 cm³/mol. The summed E-state index contributed by atoms with van der Waals surface area (Å²) < 4.78 is 40.6. The molecule has 8 rings (SSSR count). The summed E-state index contributed by atoms with van der Waals surface area (Å²) in [6, 6.07) is 25.6. The zero-order chi connectivity index (χ0) is 35.4. The number of hydrogen-bond donors (Lipinski definition) is 3. The van der Waals surface area contributed by atoms with Gasteiger partial charge in [0.1, 0.15) is 17.8 Å². The van der Waals surface area contributed by atoms with Crippen molar-refractivity contribution in [1.82, 2.24) is 4.98 Å². The fraction of sp³-hybridized carbons (Fsp3) is 0.400. The summed E-state index contributed by atoms with van der Waals surface area (Å²) in [6.07, 6.45) is 6.50. The number of sulfone groups is 1. The van der Waals surface area contributed by atoms with Crippen LogP contribution in [0.25, 0.3) is 5.57 Å². The minimum atomic E-state index is -3.43. The standard InChI is InChI=1S/C40H42N2O7S2/c1-39(45,24-43)34-23-50-38(41-34)42-37(44)32(29-14-17-33(31(21-29)26-12-13-26)51(46,47)30-15-16-30)20-25-18-19-40(22-25)48-35(27-8-4-2-5-9-27)36(49-40)28-10-6-3-7-11-28/h2-11,14,17,20-21,23,25-26,30,35-36,43,45H,12-13,15-16,18-19,22,24H2,1H3,(H,41,42,44)/b32-20+/t25-,35-,36-,39?/m1/s1. The second-order valence-corrected chi connectivity index (χ2v) is 17.6. The zero-order valence-electron chi connectivity index (χ0n) is 28.4. The molecule has 1 saturated heterocycles. The van der Waals surface area contributed by atoms with Gasteiger partial charge in [-0.2, -0.15) is 0 Å². The Hall–Kier alpha value is -3.71. The van der Waals surface area contributed by atoms with Crippen molar-refractivity contribution in [1.29, 1.82) is 0 Å². The van der Waals surface area contributed by atoms with E-state index in [2.05, 4.69) is 34.6 Å². The molecule has 1 unspecified atom stereocenters. The Morgan fingerprint density at radius 1 is 0.980 bits per heavy atom. The number of allylic oxidation sites excluding steroid dienone is 1. The van der Waals surface area contributed by atoms with Crippen LogP contribution in [0.15, 0.2) is 95.2 Å². The Balaban J connectivity index is 1.13. The van der Waals surface area contributed by atoms with Gasteiger partial charge in [0.05, 0.1) is 22.4 Å². The lowest BCUT2D eigenvalue weighted by atomic mass is 9.95. The van der Waals surface area contributed by atoms with E-state index in [0.29, 0.717) is 41.7 Å². The van der Waals surface area contributed by atoms with Crippen LogP contribution in [-0.4, -0.2) is 47.2 Å². The number of carbonyl (C=O) groups is 1. The smallest absolute Gasteiger partial charge is 0.257 e. The molecule has 1 amide bonds. The first-order chi connectivity index (χ1) is 24.5. The van der Waals surface area contributed by atoms with Gasteiger partial charge in [-0.15, -0.1) is 11.3 Å². The van der Waals surface area contributed by atoms with Gasteiger partial charge < -0.3 is 19.7 Å². The Labute approximate surface area is 302 Å². The molecule has 266 valence electrons. The molecule has 3 aliphatic carbocycles. The lowest BCUT2D eigenvalue weighted by Gasteiger charge is -2.23. The van der Waals surface area contributed by atoms with Gasteiger partial charge in [0, 0.05) is 23.8 Å². The van der Waals surface area contributed by atoms with Crippen molar-refractivity contribution in [2.45, 2.75) is 91.5 Å². The Morgan fingerprint density at radius 2 is 1.63 bits per heavy atom. The minimum absolute atomic E-state index is 0.0714. The van der Waals surface area contributed by atoms with Crippen molar-refractivity contribution in [3.8, 4) is 0 Å². The van der Waals surface area contributed by atoms with Gasteiger partial charge in [0.25, 0.3) is 5.91 Å². The van der Waals surface area contributed by atoms with E-state index in [0.717, 1.165) is 47.3 Å². The highest BCUT2D eigenvalue weighted by Gasteiger charge is 2.52. The topological polar surface area (TPSA) is 135 Å². The zero-order valence-corrected chi connectivity index (χ0v) is 30.0. The molecular formula is C40H42N2O7S2. The quantitative estimate of drug-likeness (QED) is 0.138. The van der Waals surface area contributed by atoms with Crippen molar-refractivity contribution in [3.63, 3.8) is 0 Å². The Kier molecular flexibility index (Phi) is 9.01. The maximum atomic E-state index is 14.2. The van der Waals surface area contributed by atoms with Crippen LogP contribution >= 0.6 is 11.3 Å². The fourth-order valence-electron chi connectivity index (χ4n) is 7.36. The number of aromatic nitrogens is 1. The van der Waals surface area contributed by atoms with Crippen molar-refractivity contribution in [3.05, 3.63) is 118 Å². The number of hydrogen-bond acceptors (Lipinski definition) is 9. The summed E-state index contributed by atoms with van der Waals surface area (Å²) in [6.45, 7) is 0.947. The number of aliphatic hydroxyl groups excluding tert-OH is 1. The first-order valence-corrected chi connectivity index (χ1v) is 20.1. The lowest BCUT2D eigenvalue weighted by Crippen LogP contribution is -2.26. The van der Waals surface area contributed by atoms with Crippen LogP contribution in [0.3, 0.4) is 0 Å². The highest BCUT2D eigenvalue weighted by molar-refractivity contribution is 7.92. The van der Waals surface area contributed by atoms with Gasteiger partial charge >= 0.3 is 0 Å². The number of rotatable bonds is 11. The first-order valence-electron chi connectivity index (χ1n) is 17.7. The third-order valence-electron chi connectivity index (χ3n) is 10.5. The van der Waals surface area contributed by atoms with Crippen molar-refractivity contribution in [2.75, 3.05) is 11.9 Å². The van der Waals surface area contributed by atoms with E-state index in [4.69, 9.17) is 9.47 Å². The third kappa shape index (κ3) is 6.95. The van der Waals surface area contributed by atoms with Gasteiger partial charge in [-0.05, 0) is 85.3 Å². The highest BCUT2D eigenvalue weighted by atomic mass is 32.2. The maximum absolute atomic E-state index is 14.2. The molecule has 11 heteroatoms. The molecule has 0 radical (unpaired) electrons. The maximum Gasteiger partial charge on any atom is 0.257 e. The second kappa shape index (κ2) is 13.4. The Bertz CT molecular complexity index is 2010. The van der Waals surface area contributed by atoms with Gasteiger partial charge in [-0.1, -0.05) is 72.8 Å². The first kappa shape index (κ1) is 34.4. The fourth-order valence-corrected chi connectivity index (χ4v) is 10.1. The van der Waals surface area contributed by atoms with E-state index in [1.807, 2.05) is 48.5 Å². The van der Waals surface area contributed by atoms with Crippen LogP contribution in [0.1, 0.15) is 97.9 Å². The van der Waals surface area contributed by atoms with Crippen molar-refractivity contribution >= 4 is 37.8 Å². The van der Waals surface area contributed by atoms with E-state index < -0.39 is 33.7 Å². The number of benzene rings is 3. The molecule has 51 heavy (non-hydrogen) atoms. The predicted octanol–water partition coefficient (Wildman–Crippen LogP) is 7.20. The molecular weight excluding hydrogens is 685 g/mol. The van der Waals surface area contributed by atoms with Gasteiger partial charge in [-0.3, -0.25) is 10.1 Å². The number of carbonyl (C=O) groups excluding carboxylic acids is 1.